The summed E-state index contributed by atoms with van der Waals surface area (Å²) in [5, 5.41) is 3.04. The monoisotopic (exact) mass is 411 g/mol. The van der Waals surface area contributed by atoms with Crippen molar-refractivity contribution in [3.8, 4) is 11.5 Å². The number of benzene rings is 2. The van der Waals surface area contributed by atoms with Gasteiger partial charge in [-0.05, 0) is 61.9 Å². The Balaban J connectivity index is 1.30. The third-order valence-corrected chi connectivity index (χ3v) is 5.38. The number of methoxy groups -OCH3 is 1. The highest BCUT2D eigenvalue weighted by Gasteiger charge is 2.16. The maximum absolute atomic E-state index is 12.1. The van der Waals surface area contributed by atoms with E-state index in [1.54, 1.807) is 7.11 Å². The molecule has 0 unspecified atom stereocenters. The molecule has 1 aliphatic rings. The molecule has 1 saturated heterocycles. The summed E-state index contributed by atoms with van der Waals surface area (Å²) in [6, 6.07) is 16.0. The van der Waals surface area contributed by atoms with Gasteiger partial charge in [0.05, 0.1) is 20.1 Å². The van der Waals surface area contributed by atoms with Crippen LogP contribution in [0, 0.1) is 0 Å². The lowest BCUT2D eigenvalue weighted by Gasteiger charge is -2.36. The lowest BCUT2D eigenvalue weighted by atomic mass is 10.1. The number of hydrogen-bond acceptors (Lipinski definition) is 5. The van der Waals surface area contributed by atoms with Gasteiger partial charge in [-0.15, -0.1) is 0 Å². The lowest BCUT2D eigenvalue weighted by molar-refractivity contribution is -0.120. The van der Waals surface area contributed by atoms with E-state index < -0.39 is 0 Å². The van der Waals surface area contributed by atoms with E-state index in [4.69, 9.17) is 9.47 Å². The second-order valence-electron chi connectivity index (χ2n) is 7.48. The lowest BCUT2D eigenvalue weighted by Crippen LogP contribution is -2.47. The van der Waals surface area contributed by atoms with Crippen LogP contribution in [0.4, 0.5) is 5.69 Å². The number of nitrogens with zero attached hydrogens (tertiary/aromatic N) is 2. The number of anilines is 1. The van der Waals surface area contributed by atoms with E-state index in [0.717, 1.165) is 56.2 Å². The van der Waals surface area contributed by atoms with Crippen molar-refractivity contribution in [2.24, 2.45) is 0 Å². The molecule has 2 aromatic rings. The van der Waals surface area contributed by atoms with E-state index in [0.29, 0.717) is 19.6 Å². The summed E-state index contributed by atoms with van der Waals surface area (Å²) in [5.74, 6) is 1.80. The summed E-state index contributed by atoms with van der Waals surface area (Å²) in [6.07, 6.45) is 1.38. The zero-order valence-corrected chi connectivity index (χ0v) is 18.1. The standard InChI is InChI=1S/C24H33N3O3/c1-3-30-23-9-5-20(6-10-23)19-24(28)25-13-4-14-26-15-17-27(18-16-26)21-7-11-22(29-2)12-8-21/h5-12H,3-4,13-19H2,1-2H3,(H,25,28). The molecule has 6 heteroatoms. The van der Waals surface area contributed by atoms with Crippen molar-refractivity contribution in [1.29, 1.82) is 0 Å². The summed E-state index contributed by atoms with van der Waals surface area (Å²) >= 11 is 0. The molecule has 1 N–H and O–H groups in total. The SMILES string of the molecule is CCOc1ccc(CC(=O)NCCCN2CCN(c3ccc(OC)cc3)CC2)cc1. The summed E-state index contributed by atoms with van der Waals surface area (Å²) in [5.41, 5.74) is 2.25. The quantitative estimate of drug-likeness (QED) is 0.609. The topological polar surface area (TPSA) is 54.0 Å². The van der Waals surface area contributed by atoms with Crippen LogP contribution in [0.1, 0.15) is 18.9 Å². The minimum Gasteiger partial charge on any atom is -0.497 e. The molecule has 0 saturated carbocycles. The maximum atomic E-state index is 12.1. The number of nitrogens with one attached hydrogen (secondary N) is 1. The zero-order valence-electron chi connectivity index (χ0n) is 18.1. The van der Waals surface area contributed by atoms with Crippen molar-refractivity contribution in [2.45, 2.75) is 19.8 Å². The molecule has 3 rings (SSSR count). The molecule has 1 fully saturated rings. The third-order valence-electron chi connectivity index (χ3n) is 5.38. The largest absolute Gasteiger partial charge is 0.497 e. The molecular formula is C24H33N3O3. The first-order valence-electron chi connectivity index (χ1n) is 10.8. The van der Waals surface area contributed by atoms with Crippen LogP contribution >= 0.6 is 0 Å². The fraction of sp³-hybridized carbons (Fsp3) is 0.458. The molecule has 0 spiro atoms. The van der Waals surface area contributed by atoms with Gasteiger partial charge in [0.25, 0.3) is 0 Å². The van der Waals surface area contributed by atoms with Gasteiger partial charge in [0.2, 0.25) is 5.91 Å². The number of hydrogen-bond donors (Lipinski definition) is 1. The molecule has 162 valence electrons. The van der Waals surface area contributed by atoms with Crippen molar-refractivity contribution >= 4 is 11.6 Å². The van der Waals surface area contributed by atoms with Crippen LogP contribution in [0.5, 0.6) is 11.5 Å². The van der Waals surface area contributed by atoms with Crippen LogP contribution in [-0.4, -0.2) is 63.8 Å². The molecule has 0 aliphatic carbocycles. The van der Waals surface area contributed by atoms with E-state index in [-0.39, 0.29) is 5.91 Å². The molecule has 1 heterocycles. The minimum absolute atomic E-state index is 0.0727. The molecule has 0 radical (unpaired) electrons. The number of piperazine rings is 1. The smallest absolute Gasteiger partial charge is 0.224 e. The van der Waals surface area contributed by atoms with Gasteiger partial charge in [0.1, 0.15) is 11.5 Å². The van der Waals surface area contributed by atoms with Gasteiger partial charge in [-0.25, -0.2) is 0 Å². The van der Waals surface area contributed by atoms with Gasteiger partial charge >= 0.3 is 0 Å². The number of ether oxygens (including phenoxy) is 2. The summed E-state index contributed by atoms with van der Waals surface area (Å²) in [7, 11) is 1.69. The van der Waals surface area contributed by atoms with Gasteiger partial charge in [-0.2, -0.15) is 0 Å². The van der Waals surface area contributed by atoms with Crippen molar-refractivity contribution in [1.82, 2.24) is 10.2 Å². The van der Waals surface area contributed by atoms with Crippen molar-refractivity contribution in [3.05, 3.63) is 54.1 Å². The van der Waals surface area contributed by atoms with Gasteiger partial charge in [0.15, 0.2) is 0 Å². The molecule has 30 heavy (non-hydrogen) atoms. The molecule has 1 aliphatic heterocycles. The first-order valence-corrected chi connectivity index (χ1v) is 10.8. The molecule has 0 atom stereocenters. The van der Waals surface area contributed by atoms with Crippen LogP contribution < -0.4 is 19.7 Å². The van der Waals surface area contributed by atoms with Gasteiger partial charge in [-0.1, -0.05) is 12.1 Å². The second kappa shape index (κ2) is 11.5. The maximum Gasteiger partial charge on any atom is 0.224 e. The Morgan fingerprint density at radius 3 is 2.27 bits per heavy atom. The summed E-state index contributed by atoms with van der Waals surface area (Å²) in [4.78, 5) is 17.0. The summed E-state index contributed by atoms with van der Waals surface area (Å²) < 4.78 is 10.7. The fourth-order valence-corrected chi connectivity index (χ4v) is 3.67. The number of carbonyl (C=O) groups excluding carboxylic acids is 1. The summed E-state index contributed by atoms with van der Waals surface area (Å²) in [6.45, 7) is 8.48. The number of amides is 1. The molecular weight excluding hydrogens is 378 g/mol. The van der Waals surface area contributed by atoms with Crippen LogP contribution in [0.25, 0.3) is 0 Å². The Labute approximate surface area is 179 Å². The predicted molar refractivity (Wildman–Crippen MR) is 121 cm³/mol. The van der Waals surface area contributed by atoms with Crippen molar-refractivity contribution in [2.75, 3.05) is 57.9 Å². The second-order valence-corrected chi connectivity index (χ2v) is 7.48. The average Bonchev–Trinajstić information content (AvgIpc) is 2.79. The highest BCUT2D eigenvalue weighted by molar-refractivity contribution is 5.78. The first kappa shape index (κ1) is 22.0. The van der Waals surface area contributed by atoms with Crippen LogP contribution in [0.3, 0.4) is 0 Å². The highest BCUT2D eigenvalue weighted by atomic mass is 16.5. The van der Waals surface area contributed by atoms with Gasteiger partial charge < -0.3 is 19.7 Å². The normalized spacial score (nSPS) is 14.4. The Morgan fingerprint density at radius 1 is 0.967 bits per heavy atom. The highest BCUT2D eigenvalue weighted by Crippen LogP contribution is 2.20. The van der Waals surface area contributed by atoms with Crippen molar-refractivity contribution < 1.29 is 14.3 Å². The van der Waals surface area contributed by atoms with Crippen LogP contribution in [-0.2, 0) is 11.2 Å². The zero-order chi connectivity index (χ0) is 21.2. The average molecular weight is 412 g/mol. The van der Waals surface area contributed by atoms with Gasteiger partial charge in [-0.3, -0.25) is 9.69 Å². The van der Waals surface area contributed by atoms with Gasteiger partial charge in [0, 0.05) is 38.4 Å². The molecule has 0 bridgehead atoms. The Bertz CT molecular complexity index is 769. The number of carbonyl (C=O) groups is 1. The minimum atomic E-state index is 0.0727. The Hall–Kier alpha value is -2.73. The number of rotatable bonds is 10. The third kappa shape index (κ3) is 6.66. The fourth-order valence-electron chi connectivity index (χ4n) is 3.67. The molecule has 2 aromatic carbocycles. The Kier molecular flexibility index (Phi) is 8.39. The van der Waals surface area contributed by atoms with Crippen LogP contribution in [0.15, 0.2) is 48.5 Å². The molecule has 0 aromatic heterocycles. The van der Waals surface area contributed by atoms with Crippen molar-refractivity contribution in [3.63, 3.8) is 0 Å². The van der Waals surface area contributed by atoms with Crippen LogP contribution in [0.2, 0.25) is 0 Å². The Morgan fingerprint density at radius 2 is 1.63 bits per heavy atom. The van der Waals surface area contributed by atoms with E-state index in [1.807, 2.05) is 43.3 Å². The van der Waals surface area contributed by atoms with E-state index in [9.17, 15) is 4.79 Å². The molecule has 6 nitrogen and oxygen atoms in total. The van der Waals surface area contributed by atoms with E-state index in [2.05, 4.69) is 27.2 Å². The van der Waals surface area contributed by atoms with E-state index in [1.165, 1.54) is 5.69 Å². The first-order chi connectivity index (χ1) is 14.7. The predicted octanol–water partition coefficient (Wildman–Crippen LogP) is 2.96. The van der Waals surface area contributed by atoms with E-state index >= 15 is 0 Å². The molecule has 1 amide bonds.